The van der Waals surface area contributed by atoms with Crippen LogP contribution in [0.15, 0.2) is 39.9 Å². The Hall–Kier alpha value is -3.03. The highest BCUT2D eigenvalue weighted by Crippen LogP contribution is 2.21. The fourth-order valence-corrected chi connectivity index (χ4v) is 3.07. The van der Waals surface area contributed by atoms with Gasteiger partial charge in [0.05, 0.1) is 0 Å². The number of nitrogens with one attached hydrogen (secondary N) is 1. The van der Waals surface area contributed by atoms with Crippen LogP contribution in [0.1, 0.15) is 47.0 Å². The number of hydrogen-bond donors (Lipinski definition) is 2. The van der Waals surface area contributed by atoms with E-state index in [1.165, 1.54) is 9.47 Å². The van der Waals surface area contributed by atoms with E-state index in [0.717, 1.165) is 12.8 Å². The summed E-state index contributed by atoms with van der Waals surface area (Å²) in [6, 6.07) is 9.00. The number of hydrogen-bond acceptors (Lipinski definition) is 5. The first-order chi connectivity index (χ1) is 14.3. The lowest BCUT2D eigenvalue weighted by atomic mass is 10.1. The summed E-state index contributed by atoms with van der Waals surface area (Å²) in [6.07, 6.45) is 1.41. The molecule has 1 aromatic heterocycles. The van der Waals surface area contributed by atoms with E-state index in [1.54, 1.807) is 19.1 Å². The Balaban J connectivity index is 2.44. The van der Waals surface area contributed by atoms with Crippen LogP contribution in [-0.2, 0) is 11.3 Å². The molecule has 0 saturated heterocycles. The summed E-state index contributed by atoms with van der Waals surface area (Å²) in [7, 11) is 0. The molecule has 1 unspecified atom stereocenters. The number of anilines is 2. The molecule has 8 heteroatoms. The fraction of sp³-hybridized carbons (Fsp3) is 0.500. The van der Waals surface area contributed by atoms with Gasteiger partial charge in [-0.3, -0.25) is 19.1 Å². The van der Waals surface area contributed by atoms with Crippen LogP contribution in [0.3, 0.4) is 0 Å². The molecule has 8 nitrogen and oxygen atoms in total. The summed E-state index contributed by atoms with van der Waals surface area (Å²) in [5.41, 5.74) is 4.99. The Kier molecular flexibility index (Phi) is 8.26. The molecule has 0 fully saturated rings. The number of unbranched alkanes of at least 4 members (excludes halogenated alkanes) is 1. The van der Waals surface area contributed by atoms with Crippen molar-refractivity contribution in [2.45, 2.75) is 59.6 Å². The van der Waals surface area contributed by atoms with Gasteiger partial charge in [0.2, 0.25) is 0 Å². The number of aromatic amines is 1. The van der Waals surface area contributed by atoms with Gasteiger partial charge in [-0.2, -0.15) is 0 Å². The molecule has 1 amide bonds. The maximum Gasteiger partial charge on any atom is 0.330 e. The molecule has 2 aromatic rings. The minimum Gasteiger partial charge on any atom is -0.481 e. The third-order valence-corrected chi connectivity index (χ3v) is 4.82. The number of nitrogens with two attached hydrogens (primary N) is 1. The Labute approximate surface area is 176 Å². The molecule has 1 atom stereocenters. The normalized spacial score (nSPS) is 12.0. The van der Waals surface area contributed by atoms with Crippen LogP contribution in [0.2, 0.25) is 0 Å². The Morgan fingerprint density at radius 1 is 1.20 bits per heavy atom. The number of nitrogens with zero attached hydrogens (tertiary/aromatic N) is 2. The van der Waals surface area contributed by atoms with Gasteiger partial charge in [0.15, 0.2) is 11.8 Å². The van der Waals surface area contributed by atoms with E-state index in [4.69, 9.17) is 10.5 Å². The lowest BCUT2D eigenvalue weighted by Crippen LogP contribution is -2.46. The highest BCUT2D eigenvalue weighted by molar-refractivity contribution is 5.98. The maximum atomic E-state index is 13.3. The minimum atomic E-state index is -0.839. The standard InChI is InChI=1S/C22H32N4O4/c1-5-6-13-26-19(23)18(20(27)24-22(26)29)25(14-12-15(2)3)21(28)16(4)30-17-10-8-7-9-11-17/h7-11,15-16H,5-6,12-14,23H2,1-4H3,(H,24,27,29). The second-order valence-electron chi connectivity index (χ2n) is 7.74. The van der Waals surface area contributed by atoms with Crippen molar-refractivity contribution < 1.29 is 9.53 Å². The first-order valence-electron chi connectivity index (χ1n) is 10.4. The number of amides is 1. The lowest BCUT2D eigenvalue weighted by molar-refractivity contribution is -0.124. The Bertz CT molecular complexity index is 950. The van der Waals surface area contributed by atoms with Crippen LogP contribution < -0.4 is 26.6 Å². The Morgan fingerprint density at radius 3 is 2.47 bits per heavy atom. The number of aromatic nitrogens is 2. The van der Waals surface area contributed by atoms with Gasteiger partial charge in [0, 0.05) is 13.1 Å². The number of H-pyrrole nitrogens is 1. The number of benzene rings is 1. The summed E-state index contributed by atoms with van der Waals surface area (Å²) in [5.74, 6) is 0.465. The number of para-hydroxylation sites is 1. The topological polar surface area (TPSA) is 110 Å². The second kappa shape index (κ2) is 10.7. The van der Waals surface area contributed by atoms with Gasteiger partial charge in [0.25, 0.3) is 11.5 Å². The molecule has 3 N–H and O–H groups in total. The molecule has 30 heavy (non-hydrogen) atoms. The van der Waals surface area contributed by atoms with Gasteiger partial charge in [-0.15, -0.1) is 0 Å². The lowest BCUT2D eigenvalue weighted by Gasteiger charge is -2.28. The van der Waals surface area contributed by atoms with Gasteiger partial charge in [0.1, 0.15) is 11.6 Å². The summed E-state index contributed by atoms with van der Waals surface area (Å²) in [5, 5.41) is 0. The number of ether oxygens (including phenoxy) is 1. The third kappa shape index (κ3) is 5.75. The molecule has 0 radical (unpaired) electrons. The van der Waals surface area contributed by atoms with Crippen LogP contribution in [0.25, 0.3) is 0 Å². The van der Waals surface area contributed by atoms with Crippen LogP contribution in [0.5, 0.6) is 5.75 Å². The van der Waals surface area contributed by atoms with Crippen molar-refractivity contribution in [3.63, 3.8) is 0 Å². The number of carbonyl (C=O) groups is 1. The highest BCUT2D eigenvalue weighted by Gasteiger charge is 2.28. The van der Waals surface area contributed by atoms with Crippen molar-refractivity contribution in [3.8, 4) is 5.75 Å². The molecule has 1 heterocycles. The third-order valence-electron chi connectivity index (χ3n) is 4.82. The molecular formula is C22H32N4O4. The highest BCUT2D eigenvalue weighted by atomic mass is 16.5. The van der Waals surface area contributed by atoms with Crippen LogP contribution >= 0.6 is 0 Å². The summed E-state index contributed by atoms with van der Waals surface area (Å²) in [6.45, 7) is 8.35. The van der Waals surface area contributed by atoms with Gasteiger partial charge >= 0.3 is 5.69 Å². The second-order valence-corrected chi connectivity index (χ2v) is 7.74. The molecule has 0 aliphatic heterocycles. The van der Waals surface area contributed by atoms with Crippen molar-refractivity contribution in [3.05, 3.63) is 51.2 Å². The average Bonchev–Trinajstić information content (AvgIpc) is 2.70. The van der Waals surface area contributed by atoms with Crippen LogP contribution in [-0.4, -0.2) is 28.1 Å². The van der Waals surface area contributed by atoms with E-state index in [1.807, 2.05) is 39.0 Å². The zero-order chi connectivity index (χ0) is 22.3. The van der Waals surface area contributed by atoms with Gasteiger partial charge in [-0.25, -0.2) is 4.79 Å². The van der Waals surface area contributed by atoms with Crippen molar-refractivity contribution >= 4 is 17.4 Å². The van der Waals surface area contributed by atoms with Crippen molar-refractivity contribution in [2.75, 3.05) is 17.2 Å². The predicted molar refractivity (Wildman–Crippen MR) is 119 cm³/mol. The number of rotatable bonds is 10. The van der Waals surface area contributed by atoms with E-state index in [0.29, 0.717) is 24.6 Å². The van der Waals surface area contributed by atoms with E-state index in [2.05, 4.69) is 4.98 Å². The quantitative estimate of drug-likeness (QED) is 0.619. The van der Waals surface area contributed by atoms with Crippen molar-refractivity contribution in [1.29, 1.82) is 0 Å². The SMILES string of the molecule is CCCCn1c(N)c(N(CCC(C)C)C(=O)C(C)Oc2ccccc2)c(=O)[nH]c1=O. The summed E-state index contributed by atoms with van der Waals surface area (Å²) >= 11 is 0. The van der Waals surface area contributed by atoms with Gasteiger partial charge < -0.3 is 15.4 Å². The average molecular weight is 417 g/mol. The van der Waals surface area contributed by atoms with Crippen LogP contribution in [0.4, 0.5) is 11.5 Å². The monoisotopic (exact) mass is 416 g/mol. The molecule has 0 saturated carbocycles. The van der Waals surface area contributed by atoms with E-state index in [-0.39, 0.29) is 18.1 Å². The zero-order valence-electron chi connectivity index (χ0n) is 18.2. The molecule has 2 rings (SSSR count). The zero-order valence-corrected chi connectivity index (χ0v) is 18.2. The molecule has 0 aliphatic rings. The molecule has 0 aliphatic carbocycles. The molecule has 0 bridgehead atoms. The Morgan fingerprint density at radius 2 is 1.87 bits per heavy atom. The van der Waals surface area contributed by atoms with Crippen molar-refractivity contribution in [2.24, 2.45) is 5.92 Å². The largest absolute Gasteiger partial charge is 0.481 e. The minimum absolute atomic E-state index is 0.000125. The van der Waals surface area contributed by atoms with Crippen molar-refractivity contribution in [1.82, 2.24) is 9.55 Å². The number of carbonyl (C=O) groups excluding carboxylic acids is 1. The predicted octanol–water partition coefficient (Wildman–Crippen LogP) is 2.77. The first kappa shape index (κ1) is 23.3. The van der Waals surface area contributed by atoms with E-state index < -0.39 is 23.3 Å². The maximum absolute atomic E-state index is 13.3. The fourth-order valence-electron chi connectivity index (χ4n) is 3.07. The number of nitrogen functional groups attached to an aromatic ring is 1. The molecular weight excluding hydrogens is 384 g/mol. The van der Waals surface area contributed by atoms with Gasteiger partial charge in [-0.05, 0) is 37.8 Å². The summed E-state index contributed by atoms with van der Waals surface area (Å²) < 4.78 is 7.09. The molecule has 164 valence electrons. The smallest absolute Gasteiger partial charge is 0.330 e. The van der Waals surface area contributed by atoms with E-state index >= 15 is 0 Å². The van der Waals surface area contributed by atoms with Crippen LogP contribution in [0, 0.1) is 5.92 Å². The molecule has 0 spiro atoms. The summed E-state index contributed by atoms with van der Waals surface area (Å²) in [4.78, 5) is 41.9. The first-order valence-corrected chi connectivity index (χ1v) is 10.4. The van der Waals surface area contributed by atoms with E-state index in [9.17, 15) is 14.4 Å². The van der Waals surface area contributed by atoms with Gasteiger partial charge in [-0.1, -0.05) is 45.4 Å². The molecule has 1 aromatic carbocycles.